The summed E-state index contributed by atoms with van der Waals surface area (Å²) in [6.07, 6.45) is 2.18. The van der Waals surface area contributed by atoms with Crippen molar-refractivity contribution in [3.8, 4) is 5.69 Å². The molecular formula is C21H20FN3O. The molecule has 0 spiro atoms. The number of halogens is 1. The van der Waals surface area contributed by atoms with Crippen LogP contribution in [0.25, 0.3) is 5.69 Å². The Bertz CT molecular complexity index is 942. The fourth-order valence-corrected chi connectivity index (χ4v) is 3.41. The lowest BCUT2D eigenvalue weighted by atomic mass is 9.86. The molecule has 1 aliphatic rings. The molecule has 1 atom stereocenters. The molecule has 1 unspecified atom stereocenters. The standard InChI is InChI=1S/C21H20FN3O/c1-13(2)14-3-5-15(6-4-14)18-11-20(26)24-21-19(18)12-23-25(21)17-9-7-16(22)8-10-17/h3-10,12-13,18H,11H2,1-2H3,(H,24,26). The highest BCUT2D eigenvalue weighted by atomic mass is 19.1. The molecule has 0 saturated carbocycles. The summed E-state index contributed by atoms with van der Waals surface area (Å²) in [6, 6.07) is 14.5. The second kappa shape index (κ2) is 6.41. The highest BCUT2D eigenvalue weighted by Gasteiger charge is 2.30. The molecule has 132 valence electrons. The fourth-order valence-electron chi connectivity index (χ4n) is 3.41. The van der Waals surface area contributed by atoms with E-state index in [2.05, 4.69) is 48.5 Å². The van der Waals surface area contributed by atoms with Gasteiger partial charge in [0.15, 0.2) is 0 Å². The van der Waals surface area contributed by atoms with Crippen molar-refractivity contribution in [1.29, 1.82) is 0 Å². The molecule has 1 amide bonds. The number of carbonyl (C=O) groups is 1. The van der Waals surface area contributed by atoms with Gasteiger partial charge in [0.2, 0.25) is 5.91 Å². The Balaban J connectivity index is 1.74. The monoisotopic (exact) mass is 349 g/mol. The van der Waals surface area contributed by atoms with E-state index in [0.29, 0.717) is 23.8 Å². The van der Waals surface area contributed by atoms with Gasteiger partial charge < -0.3 is 5.32 Å². The van der Waals surface area contributed by atoms with Crippen molar-refractivity contribution >= 4 is 11.7 Å². The van der Waals surface area contributed by atoms with Crippen LogP contribution in [0.2, 0.25) is 0 Å². The smallest absolute Gasteiger partial charge is 0.226 e. The zero-order valence-corrected chi connectivity index (χ0v) is 14.7. The molecule has 26 heavy (non-hydrogen) atoms. The average molecular weight is 349 g/mol. The van der Waals surface area contributed by atoms with Gasteiger partial charge in [-0.3, -0.25) is 4.79 Å². The first-order valence-electron chi connectivity index (χ1n) is 8.76. The molecule has 1 aromatic heterocycles. The molecule has 1 N–H and O–H groups in total. The van der Waals surface area contributed by atoms with Gasteiger partial charge in [-0.2, -0.15) is 5.10 Å². The van der Waals surface area contributed by atoms with E-state index in [1.807, 2.05) is 0 Å². The fraction of sp³-hybridized carbons (Fsp3) is 0.238. The number of fused-ring (bicyclic) bond motifs is 1. The van der Waals surface area contributed by atoms with Gasteiger partial charge in [0.1, 0.15) is 11.6 Å². The van der Waals surface area contributed by atoms with Crippen LogP contribution in [0, 0.1) is 5.82 Å². The van der Waals surface area contributed by atoms with E-state index < -0.39 is 0 Å². The molecular weight excluding hydrogens is 329 g/mol. The summed E-state index contributed by atoms with van der Waals surface area (Å²) in [6.45, 7) is 4.32. The van der Waals surface area contributed by atoms with E-state index in [9.17, 15) is 9.18 Å². The van der Waals surface area contributed by atoms with Gasteiger partial charge in [0.05, 0.1) is 11.9 Å². The minimum Gasteiger partial charge on any atom is -0.310 e. The maximum Gasteiger partial charge on any atom is 0.226 e. The van der Waals surface area contributed by atoms with Crippen molar-refractivity contribution < 1.29 is 9.18 Å². The van der Waals surface area contributed by atoms with Crippen LogP contribution in [-0.2, 0) is 4.79 Å². The van der Waals surface area contributed by atoms with Gasteiger partial charge in [0.25, 0.3) is 0 Å². The second-order valence-corrected chi connectivity index (χ2v) is 6.96. The molecule has 5 heteroatoms. The molecule has 0 saturated heterocycles. The minimum absolute atomic E-state index is 0.0332. The topological polar surface area (TPSA) is 46.9 Å². The van der Waals surface area contributed by atoms with Crippen molar-refractivity contribution in [2.45, 2.75) is 32.1 Å². The number of benzene rings is 2. The molecule has 2 aromatic carbocycles. The highest BCUT2D eigenvalue weighted by molar-refractivity contribution is 5.94. The van der Waals surface area contributed by atoms with Gasteiger partial charge in [-0.05, 0) is 41.3 Å². The first-order chi connectivity index (χ1) is 12.5. The Morgan fingerprint density at radius 3 is 2.46 bits per heavy atom. The molecule has 4 rings (SSSR count). The highest BCUT2D eigenvalue weighted by Crippen LogP contribution is 2.38. The van der Waals surface area contributed by atoms with E-state index in [4.69, 9.17) is 0 Å². The van der Waals surface area contributed by atoms with Crippen molar-refractivity contribution in [3.05, 3.63) is 77.2 Å². The maximum absolute atomic E-state index is 13.2. The van der Waals surface area contributed by atoms with Gasteiger partial charge in [-0.15, -0.1) is 0 Å². The molecule has 0 fully saturated rings. The average Bonchev–Trinajstić information content (AvgIpc) is 3.05. The summed E-state index contributed by atoms with van der Waals surface area (Å²) in [5.41, 5.74) is 4.07. The Labute approximate surface area is 151 Å². The third kappa shape index (κ3) is 2.90. The lowest BCUT2D eigenvalue weighted by molar-refractivity contribution is -0.116. The SMILES string of the molecule is CC(C)c1ccc(C2CC(=O)Nc3c2cnn3-c2ccc(F)cc2)cc1. The van der Waals surface area contributed by atoms with Crippen LogP contribution in [0.3, 0.4) is 0 Å². The molecule has 0 bridgehead atoms. The molecule has 2 heterocycles. The van der Waals surface area contributed by atoms with E-state index >= 15 is 0 Å². The van der Waals surface area contributed by atoms with Crippen LogP contribution in [-0.4, -0.2) is 15.7 Å². The van der Waals surface area contributed by atoms with E-state index in [1.54, 1.807) is 23.0 Å². The van der Waals surface area contributed by atoms with Crippen molar-refractivity contribution in [2.75, 3.05) is 5.32 Å². The number of hydrogen-bond acceptors (Lipinski definition) is 2. The van der Waals surface area contributed by atoms with Crippen molar-refractivity contribution in [3.63, 3.8) is 0 Å². The van der Waals surface area contributed by atoms with Gasteiger partial charge >= 0.3 is 0 Å². The Morgan fingerprint density at radius 1 is 1.12 bits per heavy atom. The summed E-state index contributed by atoms with van der Waals surface area (Å²) in [7, 11) is 0. The summed E-state index contributed by atoms with van der Waals surface area (Å²) < 4.78 is 14.9. The zero-order valence-electron chi connectivity index (χ0n) is 14.7. The number of hydrogen-bond donors (Lipinski definition) is 1. The molecule has 3 aromatic rings. The molecule has 4 nitrogen and oxygen atoms in total. The first kappa shape index (κ1) is 16.5. The second-order valence-electron chi connectivity index (χ2n) is 6.96. The van der Waals surface area contributed by atoms with Crippen LogP contribution in [0.1, 0.15) is 48.8 Å². The molecule has 0 aliphatic carbocycles. The summed E-state index contributed by atoms with van der Waals surface area (Å²) >= 11 is 0. The number of aromatic nitrogens is 2. The van der Waals surface area contributed by atoms with Gasteiger partial charge in [0, 0.05) is 17.9 Å². The largest absolute Gasteiger partial charge is 0.310 e. The lowest BCUT2D eigenvalue weighted by Crippen LogP contribution is -2.24. The predicted octanol–water partition coefficient (Wildman–Crippen LogP) is 4.61. The summed E-state index contributed by atoms with van der Waals surface area (Å²) in [5.74, 6) is 0.747. The number of anilines is 1. The maximum atomic E-state index is 13.2. The quantitative estimate of drug-likeness (QED) is 0.751. The summed E-state index contributed by atoms with van der Waals surface area (Å²) in [4.78, 5) is 12.3. The summed E-state index contributed by atoms with van der Waals surface area (Å²) in [5, 5.41) is 7.35. The number of carbonyl (C=O) groups excluding carboxylic acids is 1. The Morgan fingerprint density at radius 2 is 1.81 bits per heavy atom. The third-order valence-electron chi connectivity index (χ3n) is 4.90. The normalized spacial score (nSPS) is 16.5. The Kier molecular flexibility index (Phi) is 4.07. The van der Waals surface area contributed by atoms with Crippen molar-refractivity contribution in [1.82, 2.24) is 9.78 Å². The Hall–Kier alpha value is -2.95. The van der Waals surface area contributed by atoms with E-state index in [0.717, 1.165) is 11.1 Å². The van der Waals surface area contributed by atoms with Gasteiger partial charge in [-0.1, -0.05) is 38.1 Å². The van der Waals surface area contributed by atoms with Crippen LogP contribution in [0.4, 0.5) is 10.2 Å². The predicted molar refractivity (Wildman–Crippen MR) is 99.1 cm³/mol. The van der Waals surface area contributed by atoms with Crippen molar-refractivity contribution in [2.24, 2.45) is 0 Å². The van der Waals surface area contributed by atoms with Crippen LogP contribution >= 0.6 is 0 Å². The number of amides is 1. The zero-order chi connectivity index (χ0) is 18.3. The van der Waals surface area contributed by atoms with Crippen LogP contribution < -0.4 is 5.32 Å². The molecule has 1 aliphatic heterocycles. The minimum atomic E-state index is -0.304. The van der Waals surface area contributed by atoms with Crippen LogP contribution in [0.15, 0.2) is 54.7 Å². The third-order valence-corrected chi connectivity index (χ3v) is 4.90. The number of rotatable bonds is 3. The lowest BCUT2D eigenvalue weighted by Gasteiger charge is -2.24. The molecule has 0 radical (unpaired) electrons. The van der Waals surface area contributed by atoms with E-state index in [-0.39, 0.29) is 17.6 Å². The van der Waals surface area contributed by atoms with Crippen LogP contribution in [0.5, 0.6) is 0 Å². The number of nitrogens with zero attached hydrogens (tertiary/aromatic N) is 2. The van der Waals surface area contributed by atoms with Gasteiger partial charge in [-0.25, -0.2) is 9.07 Å². The number of nitrogens with one attached hydrogen (secondary N) is 1. The van der Waals surface area contributed by atoms with E-state index in [1.165, 1.54) is 17.7 Å². The first-order valence-corrected chi connectivity index (χ1v) is 8.76.